The van der Waals surface area contributed by atoms with Gasteiger partial charge in [0.2, 0.25) is 0 Å². The molecule has 1 amide bonds. The number of halogens is 2. The maximum Gasteiger partial charge on any atom is 0.254 e. The normalized spacial score (nSPS) is 12.3. The van der Waals surface area contributed by atoms with Gasteiger partial charge in [0.25, 0.3) is 5.91 Å². The topological polar surface area (TPSA) is 20.3 Å². The first kappa shape index (κ1) is 13.8. The van der Waals surface area contributed by atoms with Crippen molar-refractivity contribution in [2.24, 2.45) is 0 Å². The quantitative estimate of drug-likeness (QED) is 0.604. The van der Waals surface area contributed by atoms with Crippen LogP contribution in [-0.4, -0.2) is 29.8 Å². The summed E-state index contributed by atoms with van der Waals surface area (Å²) in [6.45, 7) is 3.94. The number of hydrogen-bond acceptors (Lipinski definition) is 1. The maximum absolute atomic E-state index is 12.2. The molecule has 0 bridgehead atoms. The fraction of sp³-hybridized carbons (Fsp3) is 0.417. The van der Waals surface area contributed by atoms with E-state index in [0.717, 1.165) is 14.7 Å². The zero-order chi connectivity index (χ0) is 12.3. The Bertz CT molecular complexity index is 395. The van der Waals surface area contributed by atoms with Crippen molar-refractivity contribution in [2.45, 2.75) is 19.9 Å². The van der Waals surface area contributed by atoms with E-state index in [1.54, 1.807) is 11.9 Å². The molecule has 2 nitrogen and oxygen atoms in total. The van der Waals surface area contributed by atoms with E-state index in [4.69, 9.17) is 11.6 Å². The van der Waals surface area contributed by atoms with E-state index < -0.39 is 0 Å². The Balaban J connectivity index is 3.01. The highest BCUT2D eigenvalue weighted by Gasteiger charge is 2.19. The minimum absolute atomic E-state index is 0.0289. The number of rotatable bonds is 3. The lowest BCUT2D eigenvalue weighted by Crippen LogP contribution is -2.36. The van der Waals surface area contributed by atoms with Gasteiger partial charge < -0.3 is 4.90 Å². The molecule has 0 saturated carbocycles. The molecule has 1 atom stereocenters. The lowest BCUT2D eigenvalue weighted by atomic mass is 10.1. The van der Waals surface area contributed by atoms with Crippen molar-refractivity contribution >= 4 is 40.1 Å². The molecule has 0 aliphatic carbocycles. The Morgan fingerprint density at radius 2 is 2.19 bits per heavy atom. The minimum Gasteiger partial charge on any atom is -0.338 e. The predicted octanol–water partition coefficient (Wildman–Crippen LogP) is 3.30. The van der Waals surface area contributed by atoms with Gasteiger partial charge in [-0.05, 0) is 48.1 Å². The number of carbonyl (C=O) groups excluding carboxylic acids is 1. The van der Waals surface area contributed by atoms with Crippen molar-refractivity contribution in [1.29, 1.82) is 0 Å². The predicted molar refractivity (Wildman–Crippen MR) is 76.2 cm³/mol. The third-order valence-electron chi connectivity index (χ3n) is 2.63. The highest BCUT2D eigenvalue weighted by Crippen LogP contribution is 2.18. The van der Waals surface area contributed by atoms with Crippen LogP contribution in [0.5, 0.6) is 0 Å². The Morgan fingerprint density at radius 3 is 2.75 bits per heavy atom. The lowest BCUT2D eigenvalue weighted by Gasteiger charge is -2.23. The Kier molecular flexibility index (Phi) is 5.05. The smallest absolute Gasteiger partial charge is 0.254 e. The largest absolute Gasteiger partial charge is 0.338 e. The van der Waals surface area contributed by atoms with Gasteiger partial charge in [0.1, 0.15) is 0 Å². The Labute approximate surface area is 115 Å². The number of nitrogens with zero attached hydrogens (tertiary/aromatic N) is 1. The summed E-state index contributed by atoms with van der Waals surface area (Å²) in [4.78, 5) is 13.9. The van der Waals surface area contributed by atoms with Gasteiger partial charge >= 0.3 is 0 Å². The van der Waals surface area contributed by atoms with Gasteiger partial charge in [0, 0.05) is 22.5 Å². The van der Waals surface area contributed by atoms with Crippen LogP contribution in [0.3, 0.4) is 0 Å². The summed E-state index contributed by atoms with van der Waals surface area (Å²) in [5, 5.41) is 0. The van der Waals surface area contributed by atoms with Gasteiger partial charge in [-0.3, -0.25) is 4.79 Å². The third kappa shape index (κ3) is 2.88. The molecule has 0 aliphatic rings. The molecule has 1 aromatic carbocycles. The molecule has 1 rings (SSSR count). The Morgan fingerprint density at radius 1 is 1.56 bits per heavy atom. The summed E-state index contributed by atoms with van der Waals surface area (Å²) < 4.78 is 1.01. The van der Waals surface area contributed by atoms with Gasteiger partial charge in [0.15, 0.2) is 0 Å². The SMILES string of the molecule is Cc1cccc(C(=O)N(C)C(C)CCl)c1I. The second-order valence-corrected chi connectivity index (χ2v) is 5.24. The summed E-state index contributed by atoms with van der Waals surface area (Å²) in [5.74, 6) is 0.478. The van der Waals surface area contributed by atoms with Crippen LogP contribution < -0.4 is 0 Å². The standard InChI is InChI=1S/C12H15ClINO/c1-8-5-4-6-10(11(8)14)12(16)15(3)9(2)7-13/h4-6,9H,7H2,1-3H3. The molecule has 16 heavy (non-hydrogen) atoms. The van der Waals surface area contributed by atoms with Crippen molar-refractivity contribution < 1.29 is 4.79 Å². The zero-order valence-electron chi connectivity index (χ0n) is 9.63. The van der Waals surface area contributed by atoms with Crippen LogP contribution in [-0.2, 0) is 0 Å². The van der Waals surface area contributed by atoms with Crippen molar-refractivity contribution in [3.05, 3.63) is 32.9 Å². The van der Waals surface area contributed by atoms with Crippen LogP contribution in [0, 0.1) is 10.5 Å². The molecule has 0 aliphatic heterocycles. The molecule has 0 spiro atoms. The average molecular weight is 352 g/mol. The van der Waals surface area contributed by atoms with Gasteiger partial charge in [0.05, 0.1) is 5.56 Å². The van der Waals surface area contributed by atoms with E-state index in [0.29, 0.717) is 5.88 Å². The number of benzene rings is 1. The van der Waals surface area contributed by atoms with Crippen molar-refractivity contribution in [3.63, 3.8) is 0 Å². The van der Waals surface area contributed by atoms with Crippen LogP contribution >= 0.6 is 34.2 Å². The second kappa shape index (κ2) is 5.87. The molecule has 0 N–H and O–H groups in total. The highest BCUT2D eigenvalue weighted by molar-refractivity contribution is 14.1. The van der Waals surface area contributed by atoms with Gasteiger partial charge in [-0.15, -0.1) is 11.6 Å². The van der Waals surface area contributed by atoms with E-state index in [1.807, 2.05) is 32.0 Å². The van der Waals surface area contributed by atoms with E-state index in [2.05, 4.69) is 22.6 Å². The number of hydrogen-bond donors (Lipinski definition) is 0. The number of alkyl halides is 1. The average Bonchev–Trinajstić information content (AvgIpc) is 2.29. The van der Waals surface area contributed by atoms with Crippen LogP contribution in [0.15, 0.2) is 18.2 Å². The van der Waals surface area contributed by atoms with Crippen LogP contribution in [0.25, 0.3) is 0 Å². The number of carbonyl (C=O) groups is 1. The first-order valence-electron chi connectivity index (χ1n) is 5.07. The Hall–Kier alpha value is -0.290. The second-order valence-electron chi connectivity index (χ2n) is 3.86. The van der Waals surface area contributed by atoms with Crippen molar-refractivity contribution in [2.75, 3.05) is 12.9 Å². The molecule has 0 heterocycles. The third-order valence-corrected chi connectivity index (χ3v) is 4.51. The first-order chi connectivity index (χ1) is 7.49. The van der Waals surface area contributed by atoms with Crippen molar-refractivity contribution in [1.82, 2.24) is 4.90 Å². The van der Waals surface area contributed by atoms with Gasteiger partial charge in [-0.25, -0.2) is 0 Å². The molecule has 0 saturated heterocycles. The van der Waals surface area contributed by atoms with Crippen LogP contribution in [0.4, 0.5) is 0 Å². The van der Waals surface area contributed by atoms with Crippen LogP contribution in [0.2, 0.25) is 0 Å². The molecule has 4 heteroatoms. The van der Waals surface area contributed by atoms with E-state index >= 15 is 0 Å². The molecular formula is C12H15ClINO. The van der Waals surface area contributed by atoms with Gasteiger partial charge in [-0.1, -0.05) is 12.1 Å². The molecule has 0 fully saturated rings. The molecule has 0 radical (unpaired) electrons. The monoisotopic (exact) mass is 351 g/mol. The zero-order valence-corrected chi connectivity index (χ0v) is 12.5. The summed E-state index contributed by atoms with van der Waals surface area (Å²) in [5.41, 5.74) is 1.87. The summed E-state index contributed by atoms with van der Waals surface area (Å²) >= 11 is 7.96. The summed E-state index contributed by atoms with van der Waals surface area (Å²) in [6, 6.07) is 5.81. The maximum atomic E-state index is 12.2. The van der Waals surface area contributed by atoms with E-state index in [1.165, 1.54) is 0 Å². The van der Waals surface area contributed by atoms with E-state index in [9.17, 15) is 4.79 Å². The summed E-state index contributed by atoms with van der Waals surface area (Å²) in [6.07, 6.45) is 0. The fourth-order valence-electron chi connectivity index (χ4n) is 1.31. The number of amides is 1. The minimum atomic E-state index is 0.0289. The highest BCUT2D eigenvalue weighted by atomic mass is 127. The summed E-state index contributed by atoms with van der Waals surface area (Å²) in [7, 11) is 1.79. The van der Waals surface area contributed by atoms with Crippen molar-refractivity contribution in [3.8, 4) is 0 Å². The first-order valence-corrected chi connectivity index (χ1v) is 6.68. The van der Waals surface area contributed by atoms with Crippen LogP contribution in [0.1, 0.15) is 22.8 Å². The number of aryl methyl sites for hydroxylation is 1. The molecular weight excluding hydrogens is 336 g/mol. The molecule has 0 aromatic heterocycles. The van der Waals surface area contributed by atoms with E-state index in [-0.39, 0.29) is 11.9 Å². The molecule has 1 unspecified atom stereocenters. The fourth-order valence-corrected chi connectivity index (χ4v) is 2.10. The lowest BCUT2D eigenvalue weighted by molar-refractivity contribution is 0.0755. The molecule has 88 valence electrons. The van der Waals surface area contributed by atoms with Gasteiger partial charge in [-0.2, -0.15) is 0 Å². The molecule has 1 aromatic rings.